The van der Waals surface area contributed by atoms with Gasteiger partial charge in [0.2, 0.25) is 20.0 Å². The van der Waals surface area contributed by atoms with E-state index in [-0.39, 0.29) is 68.6 Å². The van der Waals surface area contributed by atoms with Crippen LogP contribution < -0.4 is 0 Å². The van der Waals surface area contributed by atoms with Crippen LogP contribution in [0.1, 0.15) is 97.5 Å². The lowest BCUT2D eigenvalue weighted by atomic mass is 9.96. The largest absolute Gasteiger partial charge is 0.507 e. The van der Waals surface area contributed by atoms with Crippen molar-refractivity contribution in [2.24, 2.45) is 11.8 Å². The zero-order chi connectivity index (χ0) is 41.0. The van der Waals surface area contributed by atoms with Gasteiger partial charge in [-0.05, 0) is 75.6 Å². The summed E-state index contributed by atoms with van der Waals surface area (Å²) in [4.78, 5) is 0.436. The number of sulfonamides is 2. The highest BCUT2D eigenvalue weighted by atomic mass is 32.2. The standard InChI is InChI=1S/C44H56N2O8S2/c1-11-27(5)37-23-53-43(45(37)55(49,50)41-29(7)19-25(3)20-30(41)8)35-17-13-15-33(39(35)47)34-16-14-18-36(40(34)48)44-46(38(24-54-44)28(6)12-2)56(51,52)42-31(9)21-26(4)22-32(42)10/h13-22,27-28,37-38,43-44,47-48H,11-12,23-24H2,1-10H3/t27?,28?,37-,38-,43+,44+/m1/s1. The lowest BCUT2D eigenvalue weighted by Crippen LogP contribution is -2.42. The van der Waals surface area contributed by atoms with Crippen LogP contribution in [0.15, 0.2) is 70.5 Å². The van der Waals surface area contributed by atoms with Crippen molar-refractivity contribution in [3.63, 3.8) is 0 Å². The fourth-order valence-electron chi connectivity index (χ4n) is 8.77. The SMILES string of the molecule is CCC(C)[C@H]1CO[C@@H](c2cccc(-c3cccc([C@@H]4OC[C@H](C(C)CC)N4S(=O)(=O)c4c(C)cc(C)cc4C)c3O)c2O)N1S(=O)(=O)c1c(C)cc(C)cc1C. The summed E-state index contributed by atoms with van der Waals surface area (Å²) in [6.07, 6.45) is -0.884. The van der Waals surface area contributed by atoms with Crippen molar-refractivity contribution in [2.45, 2.75) is 116 Å². The summed E-state index contributed by atoms with van der Waals surface area (Å²) in [6.45, 7) is 19.3. The van der Waals surface area contributed by atoms with Gasteiger partial charge in [-0.25, -0.2) is 16.8 Å². The summed E-state index contributed by atoms with van der Waals surface area (Å²) in [5, 5.41) is 24.2. The van der Waals surface area contributed by atoms with E-state index in [1.807, 2.05) is 65.8 Å². The van der Waals surface area contributed by atoms with Crippen LogP contribution in [0.2, 0.25) is 0 Å². The highest BCUT2D eigenvalue weighted by molar-refractivity contribution is 7.89. The number of phenols is 2. The first kappa shape index (κ1) is 41.8. The molecular weight excluding hydrogens is 749 g/mol. The average Bonchev–Trinajstić information content (AvgIpc) is 3.77. The molecular formula is C44H56N2O8S2. The van der Waals surface area contributed by atoms with E-state index in [9.17, 15) is 27.0 Å². The van der Waals surface area contributed by atoms with Crippen LogP contribution in [0.3, 0.4) is 0 Å². The fraction of sp³-hybridized carbons (Fsp3) is 0.455. The average molecular weight is 805 g/mol. The quantitative estimate of drug-likeness (QED) is 0.154. The molecule has 2 saturated heterocycles. The minimum Gasteiger partial charge on any atom is -0.507 e. The minimum absolute atomic E-state index is 0.0516. The van der Waals surface area contributed by atoms with E-state index < -0.39 is 44.6 Å². The monoisotopic (exact) mass is 804 g/mol. The predicted octanol–water partition coefficient (Wildman–Crippen LogP) is 8.88. The molecule has 0 aliphatic carbocycles. The molecule has 4 aromatic rings. The molecule has 2 aliphatic heterocycles. The van der Waals surface area contributed by atoms with Crippen molar-refractivity contribution in [3.05, 3.63) is 105 Å². The number of hydrogen-bond acceptors (Lipinski definition) is 8. The molecule has 302 valence electrons. The maximum absolute atomic E-state index is 14.7. The van der Waals surface area contributed by atoms with Gasteiger partial charge in [0.15, 0.2) is 12.5 Å². The van der Waals surface area contributed by atoms with Crippen LogP contribution >= 0.6 is 0 Å². The van der Waals surface area contributed by atoms with Gasteiger partial charge in [-0.1, -0.05) is 112 Å². The number of nitrogens with zero attached hydrogens (tertiary/aromatic N) is 2. The Morgan fingerprint density at radius 2 is 0.929 bits per heavy atom. The van der Waals surface area contributed by atoms with Crippen molar-refractivity contribution in [2.75, 3.05) is 13.2 Å². The maximum Gasteiger partial charge on any atom is 0.246 e. The van der Waals surface area contributed by atoms with E-state index in [1.54, 1.807) is 64.1 Å². The van der Waals surface area contributed by atoms with Crippen molar-refractivity contribution in [1.29, 1.82) is 0 Å². The minimum atomic E-state index is -4.14. The Hall–Kier alpha value is -3.78. The summed E-state index contributed by atoms with van der Waals surface area (Å²) in [6, 6.07) is 16.3. The number of ether oxygens (including phenoxy) is 2. The van der Waals surface area contributed by atoms with Crippen LogP contribution in [0.5, 0.6) is 11.5 Å². The predicted molar refractivity (Wildman–Crippen MR) is 218 cm³/mol. The molecule has 2 N–H and O–H groups in total. The van der Waals surface area contributed by atoms with Gasteiger partial charge in [-0.15, -0.1) is 0 Å². The highest BCUT2D eigenvalue weighted by Gasteiger charge is 2.49. The summed E-state index contributed by atoms with van der Waals surface area (Å²) in [7, 11) is -8.27. The smallest absolute Gasteiger partial charge is 0.246 e. The number of phenolic OH excluding ortho intramolecular Hbond substituents is 2. The van der Waals surface area contributed by atoms with E-state index in [2.05, 4.69) is 0 Å². The molecule has 0 amide bonds. The second-order valence-corrected chi connectivity index (χ2v) is 19.4. The number of aromatic hydroxyl groups is 2. The number of hydrogen-bond donors (Lipinski definition) is 2. The molecule has 10 nitrogen and oxygen atoms in total. The molecule has 4 aromatic carbocycles. The Morgan fingerprint density at radius 3 is 1.23 bits per heavy atom. The number of rotatable bonds is 11. The Kier molecular flexibility index (Phi) is 11.9. The molecule has 0 bridgehead atoms. The molecule has 56 heavy (non-hydrogen) atoms. The fourth-order valence-corrected chi connectivity index (χ4v) is 13.2. The second-order valence-electron chi connectivity index (χ2n) is 15.9. The van der Waals surface area contributed by atoms with Crippen molar-refractivity contribution >= 4 is 20.0 Å². The van der Waals surface area contributed by atoms with Gasteiger partial charge in [0.05, 0.1) is 35.1 Å². The van der Waals surface area contributed by atoms with Gasteiger partial charge in [0.1, 0.15) is 11.5 Å². The van der Waals surface area contributed by atoms with Gasteiger partial charge in [0.25, 0.3) is 0 Å². The zero-order valence-corrected chi connectivity index (χ0v) is 35.8. The van der Waals surface area contributed by atoms with Crippen LogP contribution in [-0.4, -0.2) is 61.0 Å². The molecule has 2 heterocycles. The summed E-state index contributed by atoms with van der Waals surface area (Å²) < 4.78 is 74.4. The van der Waals surface area contributed by atoms with Gasteiger partial charge in [0, 0.05) is 22.3 Å². The second kappa shape index (κ2) is 15.9. The highest BCUT2D eigenvalue weighted by Crippen LogP contribution is 2.49. The zero-order valence-electron chi connectivity index (χ0n) is 34.1. The third kappa shape index (κ3) is 7.17. The third-order valence-electron chi connectivity index (χ3n) is 11.8. The van der Waals surface area contributed by atoms with E-state index >= 15 is 0 Å². The first-order valence-electron chi connectivity index (χ1n) is 19.5. The van der Waals surface area contributed by atoms with Crippen LogP contribution in [0.25, 0.3) is 11.1 Å². The Bertz CT molecular complexity index is 2150. The Balaban J connectivity index is 1.46. The van der Waals surface area contributed by atoms with Gasteiger partial charge < -0.3 is 19.7 Å². The van der Waals surface area contributed by atoms with Gasteiger partial charge in [-0.2, -0.15) is 8.61 Å². The number of para-hydroxylation sites is 2. The lowest BCUT2D eigenvalue weighted by molar-refractivity contribution is 0.0654. The summed E-state index contributed by atoms with van der Waals surface area (Å²) in [5.74, 6) is -0.617. The van der Waals surface area contributed by atoms with Crippen molar-refractivity contribution in [1.82, 2.24) is 8.61 Å². The molecule has 0 radical (unpaired) electrons. The third-order valence-corrected chi connectivity index (χ3v) is 16.2. The molecule has 6 rings (SSSR count). The van der Waals surface area contributed by atoms with Crippen molar-refractivity contribution < 1.29 is 36.5 Å². The Labute approximate surface area is 333 Å². The maximum atomic E-state index is 14.7. The summed E-state index contributed by atoms with van der Waals surface area (Å²) >= 11 is 0. The molecule has 0 spiro atoms. The number of aryl methyl sites for hydroxylation is 6. The van der Waals surface area contributed by atoms with Gasteiger partial charge in [-0.3, -0.25) is 0 Å². The molecule has 6 atom stereocenters. The lowest BCUT2D eigenvalue weighted by Gasteiger charge is -2.32. The molecule has 0 aromatic heterocycles. The molecule has 12 heteroatoms. The Morgan fingerprint density at radius 1 is 0.607 bits per heavy atom. The van der Waals surface area contributed by atoms with E-state index in [4.69, 9.17) is 9.47 Å². The van der Waals surface area contributed by atoms with Gasteiger partial charge >= 0.3 is 0 Å². The normalized spacial score (nSPS) is 22.1. The molecule has 0 saturated carbocycles. The van der Waals surface area contributed by atoms with E-state index in [0.717, 1.165) is 11.1 Å². The number of benzene rings is 4. The molecule has 2 aliphatic rings. The van der Waals surface area contributed by atoms with E-state index in [1.165, 1.54) is 8.61 Å². The summed E-state index contributed by atoms with van der Waals surface area (Å²) in [5.41, 5.74) is 5.35. The van der Waals surface area contributed by atoms with Crippen LogP contribution in [-0.2, 0) is 29.5 Å². The van der Waals surface area contributed by atoms with E-state index in [0.29, 0.717) is 35.1 Å². The van der Waals surface area contributed by atoms with Crippen LogP contribution in [0, 0.1) is 53.4 Å². The molecule has 2 unspecified atom stereocenters. The first-order valence-corrected chi connectivity index (χ1v) is 22.3. The topological polar surface area (TPSA) is 134 Å². The first-order chi connectivity index (χ1) is 26.4. The molecule has 2 fully saturated rings. The van der Waals surface area contributed by atoms with Crippen LogP contribution in [0.4, 0.5) is 0 Å². The van der Waals surface area contributed by atoms with Crippen molar-refractivity contribution in [3.8, 4) is 22.6 Å².